The largest absolute Gasteiger partial charge is 0.366 e. The lowest BCUT2D eigenvalue weighted by Gasteiger charge is -2.20. The summed E-state index contributed by atoms with van der Waals surface area (Å²) in [5, 5.41) is 0.452. The Labute approximate surface area is 131 Å². The van der Waals surface area contributed by atoms with Crippen molar-refractivity contribution >= 4 is 21.6 Å². The molecule has 0 aliphatic carbocycles. The van der Waals surface area contributed by atoms with Crippen LogP contribution in [0.1, 0.15) is 23.5 Å². The number of rotatable bonds is 3. The Kier molecular flexibility index (Phi) is 4.24. The molecule has 0 N–H and O–H groups in total. The third-order valence-electron chi connectivity index (χ3n) is 4.01. The van der Waals surface area contributed by atoms with Gasteiger partial charge in [-0.1, -0.05) is 46.3 Å². The summed E-state index contributed by atoms with van der Waals surface area (Å²) < 4.78 is 28.4. The molecular weight excluding hydrogens is 336 g/mol. The smallest absolute Gasteiger partial charge is 0.149 e. The van der Waals surface area contributed by atoms with Crippen molar-refractivity contribution in [3.05, 3.63) is 65.2 Å². The number of alkyl halides is 1. The number of anilines is 1. The van der Waals surface area contributed by atoms with E-state index in [1.807, 2.05) is 23.1 Å². The Hall–Kier alpha value is -1.42. The van der Waals surface area contributed by atoms with Gasteiger partial charge in [-0.2, -0.15) is 0 Å². The van der Waals surface area contributed by atoms with Crippen LogP contribution in [0.15, 0.2) is 42.5 Å². The molecule has 1 fully saturated rings. The molecule has 0 radical (unpaired) electrons. The van der Waals surface area contributed by atoms with Gasteiger partial charge in [-0.3, -0.25) is 0 Å². The van der Waals surface area contributed by atoms with Crippen molar-refractivity contribution in [1.82, 2.24) is 0 Å². The SMILES string of the molecule is Fc1cc(CBr)cc(F)c1N1CCC(c2ccccc2)C1. The summed E-state index contributed by atoms with van der Waals surface area (Å²) >= 11 is 3.23. The summed E-state index contributed by atoms with van der Waals surface area (Å²) in [5.74, 6) is -0.614. The molecule has 1 nitrogen and oxygen atoms in total. The van der Waals surface area contributed by atoms with Gasteiger partial charge in [0.2, 0.25) is 0 Å². The van der Waals surface area contributed by atoms with Crippen LogP contribution >= 0.6 is 15.9 Å². The first-order chi connectivity index (χ1) is 10.2. The van der Waals surface area contributed by atoms with E-state index in [0.29, 0.717) is 29.9 Å². The van der Waals surface area contributed by atoms with Crippen molar-refractivity contribution in [3.8, 4) is 0 Å². The maximum atomic E-state index is 14.2. The molecule has 1 aliphatic rings. The second kappa shape index (κ2) is 6.14. The maximum Gasteiger partial charge on any atom is 0.149 e. The van der Waals surface area contributed by atoms with E-state index in [1.54, 1.807) is 0 Å². The average Bonchev–Trinajstić information content (AvgIpc) is 2.97. The third-order valence-corrected chi connectivity index (χ3v) is 4.65. The van der Waals surface area contributed by atoms with Crippen LogP contribution in [0.5, 0.6) is 0 Å². The van der Waals surface area contributed by atoms with Gasteiger partial charge in [-0.15, -0.1) is 0 Å². The standard InChI is InChI=1S/C17H16BrF2N/c18-10-12-8-15(19)17(16(20)9-12)21-7-6-14(11-21)13-4-2-1-3-5-13/h1-5,8-9,14H,6-7,10-11H2. The lowest BCUT2D eigenvalue weighted by Crippen LogP contribution is -2.22. The molecule has 0 amide bonds. The van der Waals surface area contributed by atoms with Gasteiger partial charge in [0.05, 0.1) is 0 Å². The first-order valence-corrected chi connectivity index (χ1v) is 8.15. The molecule has 0 spiro atoms. The van der Waals surface area contributed by atoms with Gasteiger partial charge in [0, 0.05) is 24.3 Å². The summed E-state index contributed by atoms with van der Waals surface area (Å²) in [6.45, 7) is 1.34. The van der Waals surface area contributed by atoms with Crippen molar-refractivity contribution in [3.63, 3.8) is 0 Å². The van der Waals surface area contributed by atoms with Gasteiger partial charge in [0.1, 0.15) is 17.3 Å². The van der Waals surface area contributed by atoms with Gasteiger partial charge in [-0.25, -0.2) is 8.78 Å². The van der Waals surface area contributed by atoms with Crippen molar-refractivity contribution in [2.45, 2.75) is 17.7 Å². The summed E-state index contributed by atoms with van der Waals surface area (Å²) in [6.07, 6.45) is 0.920. The fourth-order valence-electron chi connectivity index (χ4n) is 2.96. The van der Waals surface area contributed by atoms with Crippen LogP contribution < -0.4 is 4.90 Å². The fourth-order valence-corrected chi connectivity index (χ4v) is 3.28. The van der Waals surface area contributed by atoms with Crippen LogP contribution in [-0.4, -0.2) is 13.1 Å². The highest BCUT2D eigenvalue weighted by Crippen LogP contribution is 2.34. The Balaban J connectivity index is 1.84. The Morgan fingerprint density at radius 3 is 2.38 bits per heavy atom. The second-order valence-electron chi connectivity index (χ2n) is 5.38. The lowest BCUT2D eigenvalue weighted by atomic mass is 9.99. The van der Waals surface area contributed by atoms with Crippen LogP contribution in [0, 0.1) is 11.6 Å². The molecule has 0 bridgehead atoms. The quantitative estimate of drug-likeness (QED) is 0.714. The Morgan fingerprint density at radius 1 is 1.10 bits per heavy atom. The predicted molar refractivity (Wildman–Crippen MR) is 85.0 cm³/mol. The first-order valence-electron chi connectivity index (χ1n) is 7.03. The average molecular weight is 352 g/mol. The molecule has 2 aromatic carbocycles. The van der Waals surface area contributed by atoms with E-state index in [1.165, 1.54) is 17.7 Å². The third kappa shape index (κ3) is 2.95. The first kappa shape index (κ1) is 14.5. The van der Waals surface area contributed by atoms with Crippen LogP contribution in [0.2, 0.25) is 0 Å². The van der Waals surface area contributed by atoms with E-state index < -0.39 is 11.6 Å². The van der Waals surface area contributed by atoms with E-state index in [4.69, 9.17) is 0 Å². The minimum atomic E-state index is -0.474. The summed E-state index contributed by atoms with van der Waals surface area (Å²) in [6, 6.07) is 13.0. The molecule has 4 heteroatoms. The van der Waals surface area contributed by atoms with Crippen LogP contribution in [0.3, 0.4) is 0 Å². The van der Waals surface area contributed by atoms with Gasteiger partial charge < -0.3 is 4.90 Å². The van der Waals surface area contributed by atoms with E-state index in [0.717, 1.165) is 6.42 Å². The van der Waals surface area contributed by atoms with Crippen LogP contribution in [-0.2, 0) is 5.33 Å². The van der Waals surface area contributed by atoms with E-state index in [-0.39, 0.29) is 5.69 Å². The van der Waals surface area contributed by atoms with Gasteiger partial charge in [-0.05, 0) is 29.7 Å². The van der Waals surface area contributed by atoms with E-state index in [9.17, 15) is 8.78 Å². The van der Waals surface area contributed by atoms with Crippen LogP contribution in [0.4, 0.5) is 14.5 Å². The van der Waals surface area contributed by atoms with Gasteiger partial charge >= 0.3 is 0 Å². The van der Waals surface area contributed by atoms with Crippen molar-refractivity contribution < 1.29 is 8.78 Å². The Bertz CT molecular complexity index is 607. The summed E-state index contributed by atoms with van der Waals surface area (Å²) in [4.78, 5) is 1.82. The molecule has 110 valence electrons. The van der Waals surface area contributed by atoms with Crippen molar-refractivity contribution in [2.24, 2.45) is 0 Å². The molecule has 1 unspecified atom stereocenters. The highest BCUT2D eigenvalue weighted by molar-refractivity contribution is 9.08. The molecular formula is C17H16BrF2N. The lowest BCUT2D eigenvalue weighted by molar-refractivity contribution is 0.575. The minimum Gasteiger partial charge on any atom is -0.366 e. The van der Waals surface area contributed by atoms with Crippen molar-refractivity contribution in [2.75, 3.05) is 18.0 Å². The number of benzene rings is 2. The molecule has 0 saturated carbocycles. The molecule has 1 heterocycles. The predicted octanol–water partition coefficient (Wildman–Crippen LogP) is 4.85. The molecule has 21 heavy (non-hydrogen) atoms. The fraction of sp³-hybridized carbons (Fsp3) is 0.294. The normalized spacial score (nSPS) is 18.2. The summed E-state index contributed by atoms with van der Waals surface area (Å²) in [7, 11) is 0. The second-order valence-corrected chi connectivity index (χ2v) is 5.94. The van der Waals surface area contributed by atoms with Gasteiger partial charge in [0.15, 0.2) is 0 Å². The highest BCUT2D eigenvalue weighted by Gasteiger charge is 2.27. The van der Waals surface area contributed by atoms with E-state index >= 15 is 0 Å². The molecule has 1 saturated heterocycles. The monoisotopic (exact) mass is 351 g/mol. The maximum absolute atomic E-state index is 14.2. The molecule has 2 aromatic rings. The van der Waals surface area contributed by atoms with E-state index in [2.05, 4.69) is 28.1 Å². The minimum absolute atomic E-state index is 0.109. The highest BCUT2D eigenvalue weighted by atomic mass is 79.9. The molecule has 1 aliphatic heterocycles. The number of nitrogens with zero attached hydrogens (tertiary/aromatic N) is 1. The number of halogens is 3. The topological polar surface area (TPSA) is 3.24 Å². The van der Waals surface area contributed by atoms with Crippen molar-refractivity contribution in [1.29, 1.82) is 0 Å². The zero-order valence-electron chi connectivity index (χ0n) is 11.5. The summed E-state index contributed by atoms with van der Waals surface area (Å²) in [5.41, 5.74) is 1.96. The zero-order valence-corrected chi connectivity index (χ0v) is 13.1. The van der Waals surface area contributed by atoms with Crippen LogP contribution in [0.25, 0.3) is 0 Å². The Morgan fingerprint density at radius 2 is 1.76 bits per heavy atom. The van der Waals surface area contributed by atoms with Gasteiger partial charge in [0.25, 0.3) is 0 Å². The zero-order chi connectivity index (χ0) is 14.8. The number of hydrogen-bond donors (Lipinski definition) is 0. The molecule has 0 aromatic heterocycles. The molecule has 1 atom stereocenters. The molecule has 3 rings (SSSR count). The number of hydrogen-bond acceptors (Lipinski definition) is 1.